The van der Waals surface area contributed by atoms with Gasteiger partial charge in [-0.2, -0.15) is 0 Å². The SMILES string of the molecule is Cc1nc(Cl)c(C)c(-c2ccc(C)c(F)c2F)n1. The maximum atomic E-state index is 13.9. The molecule has 0 unspecified atom stereocenters. The molecule has 0 atom stereocenters. The highest BCUT2D eigenvalue weighted by Crippen LogP contribution is 2.29. The normalized spacial score (nSPS) is 10.8. The molecule has 0 bridgehead atoms. The lowest BCUT2D eigenvalue weighted by atomic mass is 10.0. The van der Waals surface area contributed by atoms with Crippen molar-refractivity contribution in [3.8, 4) is 11.3 Å². The van der Waals surface area contributed by atoms with Crippen molar-refractivity contribution in [2.24, 2.45) is 0 Å². The van der Waals surface area contributed by atoms with Crippen molar-refractivity contribution in [3.63, 3.8) is 0 Å². The summed E-state index contributed by atoms with van der Waals surface area (Å²) in [6.07, 6.45) is 0. The van der Waals surface area contributed by atoms with Gasteiger partial charge in [0.15, 0.2) is 11.6 Å². The summed E-state index contributed by atoms with van der Waals surface area (Å²) in [5.41, 5.74) is 1.21. The molecule has 5 heteroatoms. The number of benzene rings is 1. The average molecular weight is 269 g/mol. The third-order valence-electron chi connectivity index (χ3n) is 2.73. The summed E-state index contributed by atoms with van der Waals surface area (Å²) in [5.74, 6) is -1.35. The van der Waals surface area contributed by atoms with Gasteiger partial charge in [-0.05, 0) is 32.4 Å². The van der Waals surface area contributed by atoms with Crippen LogP contribution in [0, 0.1) is 32.4 Å². The second-order valence-electron chi connectivity index (χ2n) is 4.09. The summed E-state index contributed by atoms with van der Waals surface area (Å²) in [7, 11) is 0. The van der Waals surface area contributed by atoms with Crippen molar-refractivity contribution in [1.82, 2.24) is 9.97 Å². The number of rotatable bonds is 1. The molecule has 2 aromatic rings. The zero-order chi connectivity index (χ0) is 13.4. The van der Waals surface area contributed by atoms with Gasteiger partial charge in [-0.1, -0.05) is 17.7 Å². The largest absolute Gasteiger partial charge is 0.233 e. The predicted molar refractivity (Wildman–Crippen MR) is 66.6 cm³/mol. The summed E-state index contributed by atoms with van der Waals surface area (Å²) in [5, 5.41) is 0.248. The summed E-state index contributed by atoms with van der Waals surface area (Å²) in [6, 6.07) is 3.01. The number of hydrogen-bond donors (Lipinski definition) is 0. The first-order chi connectivity index (χ1) is 8.41. The molecule has 0 fully saturated rings. The van der Waals surface area contributed by atoms with E-state index in [2.05, 4.69) is 9.97 Å². The highest BCUT2D eigenvalue weighted by atomic mass is 35.5. The molecule has 1 aromatic heterocycles. The molecule has 0 saturated carbocycles. The van der Waals surface area contributed by atoms with Gasteiger partial charge in [0, 0.05) is 11.1 Å². The molecule has 0 saturated heterocycles. The Labute approximate surface area is 109 Å². The van der Waals surface area contributed by atoms with Gasteiger partial charge in [-0.25, -0.2) is 18.7 Å². The first-order valence-corrected chi connectivity index (χ1v) is 5.75. The van der Waals surface area contributed by atoms with Crippen LogP contribution < -0.4 is 0 Å². The molecular formula is C13H11ClF2N2. The Kier molecular flexibility index (Phi) is 3.30. The summed E-state index contributed by atoms with van der Waals surface area (Å²) < 4.78 is 27.5. The fourth-order valence-electron chi connectivity index (χ4n) is 1.69. The summed E-state index contributed by atoms with van der Waals surface area (Å²) in [6.45, 7) is 4.83. The number of aryl methyl sites for hydroxylation is 2. The van der Waals surface area contributed by atoms with Crippen LogP contribution in [0.1, 0.15) is 17.0 Å². The van der Waals surface area contributed by atoms with Crippen LogP contribution in [0.4, 0.5) is 8.78 Å². The van der Waals surface area contributed by atoms with Crippen LogP contribution in [-0.2, 0) is 0 Å². The van der Waals surface area contributed by atoms with Crippen molar-refractivity contribution >= 4 is 11.6 Å². The molecule has 18 heavy (non-hydrogen) atoms. The van der Waals surface area contributed by atoms with E-state index in [0.29, 0.717) is 17.1 Å². The Morgan fingerprint density at radius 2 is 1.67 bits per heavy atom. The van der Waals surface area contributed by atoms with Gasteiger partial charge in [0.2, 0.25) is 0 Å². The lowest BCUT2D eigenvalue weighted by Gasteiger charge is -2.10. The first kappa shape index (κ1) is 12.9. The molecule has 94 valence electrons. The van der Waals surface area contributed by atoms with Crippen molar-refractivity contribution in [2.75, 3.05) is 0 Å². The number of aromatic nitrogens is 2. The number of nitrogens with zero attached hydrogens (tertiary/aromatic N) is 2. The van der Waals surface area contributed by atoms with Crippen molar-refractivity contribution in [3.05, 3.63) is 45.9 Å². The summed E-state index contributed by atoms with van der Waals surface area (Å²) in [4.78, 5) is 8.10. The van der Waals surface area contributed by atoms with Gasteiger partial charge >= 0.3 is 0 Å². The predicted octanol–water partition coefficient (Wildman–Crippen LogP) is 4.00. The molecule has 0 spiro atoms. The minimum absolute atomic E-state index is 0.100. The highest BCUT2D eigenvalue weighted by molar-refractivity contribution is 6.30. The molecule has 2 rings (SSSR count). The van der Waals surface area contributed by atoms with E-state index in [1.165, 1.54) is 19.1 Å². The molecule has 1 aromatic carbocycles. The van der Waals surface area contributed by atoms with Crippen LogP contribution in [0.15, 0.2) is 12.1 Å². The Morgan fingerprint density at radius 3 is 2.33 bits per heavy atom. The topological polar surface area (TPSA) is 25.8 Å². The second-order valence-corrected chi connectivity index (χ2v) is 4.45. The Hall–Kier alpha value is -1.55. The van der Waals surface area contributed by atoms with Gasteiger partial charge in [-0.3, -0.25) is 0 Å². The van der Waals surface area contributed by atoms with E-state index in [-0.39, 0.29) is 16.3 Å². The molecule has 0 amide bonds. The van der Waals surface area contributed by atoms with E-state index in [0.717, 1.165) is 0 Å². The lowest BCUT2D eigenvalue weighted by molar-refractivity contribution is 0.505. The molecule has 0 aliphatic heterocycles. The molecule has 1 heterocycles. The molecule has 0 radical (unpaired) electrons. The Morgan fingerprint density at radius 1 is 1.00 bits per heavy atom. The van der Waals surface area contributed by atoms with Crippen LogP contribution in [-0.4, -0.2) is 9.97 Å². The smallest absolute Gasteiger partial charge is 0.168 e. The quantitative estimate of drug-likeness (QED) is 0.731. The maximum Gasteiger partial charge on any atom is 0.168 e. The van der Waals surface area contributed by atoms with Gasteiger partial charge in [-0.15, -0.1) is 0 Å². The van der Waals surface area contributed by atoms with Crippen LogP contribution in [0.5, 0.6) is 0 Å². The number of halogens is 3. The van der Waals surface area contributed by atoms with Crippen molar-refractivity contribution in [1.29, 1.82) is 0 Å². The van der Waals surface area contributed by atoms with Gasteiger partial charge < -0.3 is 0 Å². The van der Waals surface area contributed by atoms with Crippen LogP contribution in [0.2, 0.25) is 5.15 Å². The molecule has 0 N–H and O–H groups in total. The van der Waals surface area contributed by atoms with E-state index >= 15 is 0 Å². The van der Waals surface area contributed by atoms with Crippen molar-refractivity contribution in [2.45, 2.75) is 20.8 Å². The fraction of sp³-hybridized carbons (Fsp3) is 0.231. The molecule has 0 aliphatic rings. The third-order valence-corrected chi connectivity index (χ3v) is 3.10. The van der Waals surface area contributed by atoms with Gasteiger partial charge in [0.05, 0.1) is 5.69 Å². The van der Waals surface area contributed by atoms with E-state index in [4.69, 9.17) is 11.6 Å². The average Bonchev–Trinajstić information content (AvgIpc) is 2.31. The van der Waals surface area contributed by atoms with Crippen LogP contribution in [0.25, 0.3) is 11.3 Å². The van der Waals surface area contributed by atoms with Gasteiger partial charge in [0.1, 0.15) is 11.0 Å². The zero-order valence-corrected chi connectivity index (χ0v) is 10.9. The minimum atomic E-state index is -0.910. The zero-order valence-electron chi connectivity index (χ0n) is 10.2. The fourth-order valence-corrected chi connectivity index (χ4v) is 1.90. The van der Waals surface area contributed by atoms with E-state index in [1.54, 1.807) is 13.8 Å². The molecular weight excluding hydrogens is 258 g/mol. The van der Waals surface area contributed by atoms with E-state index < -0.39 is 11.6 Å². The van der Waals surface area contributed by atoms with Crippen LogP contribution in [0.3, 0.4) is 0 Å². The monoisotopic (exact) mass is 268 g/mol. The van der Waals surface area contributed by atoms with E-state index in [1.807, 2.05) is 0 Å². The molecule has 0 aliphatic carbocycles. The third kappa shape index (κ3) is 2.08. The Bertz CT molecular complexity index is 627. The van der Waals surface area contributed by atoms with Crippen molar-refractivity contribution < 1.29 is 8.78 Å². The summed E-state index contributed by atoms with van der Waals surface area (Å²) >= 11 is 5.93. The lowest BCUT2D eigenvalue weighted by Crippen LogP contribution is -2.00. The van der Waals surface area contributed by atoms with Crippen LogP contribution >= 0.6 is 11.6 Å². The van der Waals surface area contributed by atoms with E-state index in [9.17, 15) is 8.78 Å². The highest BCUT2D eigenvalue weighted by Gasteiger charge is 2.17. The Balaban J connectivity index is 2.74. The standard InChI is InChI=1S/C13H11ClF2N2/c1-6-4-5-9(11(16)10(6)15)12-7(2)13(14)18-8(3)17-12/h4-5H,1-3H3. The maximum absolute atomic E-state index is 13.9. The second kappa shape index (κ2) is 4.61. The minimum Gasteiger partial charge on any atom is -0.233 e. The number of hydrogen-bond acceptors (Lipinski definition) is 2. The van der Waals surface area contributed by atoms with Gasteiger partial charge in [0.25, 0.3) is 0 Å². The molecule has 2 nitrogen and oxygen atoms in total. The first-order valence-electron chi connectivity index (χ1n) is 5.37.